The van der Waals surface area contributed by atoms with Gasteiger partial charge < -0.3 is 5.32 Å². The van der Waals surface area contributed by atoms with Gasteiger partial charge in [-0.15, -0.1) is 11.3 Å². The number of carbonyl (C=O) groups excluding carboxylic acids is 1. The van der Waals surface area contributed by atoms with E-state index in [1.165, 1.54) is 12.8 Å². The van der Waals surface area contributed by atoms with Crippen molar-refractivity contribution >= 4 is 17.2 Å². The fourth-order valence-electron chi connectivity index (χ4n) is 2.79. The summed E-state index contributed by atoms with van der Waals surface area (Å²) in [6.45, 7) is 1.99. The van der Waals surface area contributed by atoms with E-state index in [9.17, 15) is 4.79 Å². The van der Waals surface area contributed by atoms with Crippen molar-refractivity contribution in [1.82, 2.24) is 10.3 Å². The minimum Gasteiger partial charge on any atom is -0.353 e. The van der Waals surface area contributed by atoms with Crippen LogP contribution in [0.4, 0.5) is 0 Å². The topological polar surface area (TPSA) is 42.0 Å². The van der Waals surface area contributed by atoms with Gasteiger partial charge in [0.15, 0.2) is 0 Å². The maximum Gasteiger partial charge on any atom is 0.225 e. The van der Waals surface area contributed by atoms with Gasteiger partial charge in [0, 0.05) is 16.5 Å². The van der Waals surface area contributed by atoms with Crippen LogP contribution in [0.5, 0.6) is 0 Å². The first kappa shape index (κ1) is 14.3. The summed E-state index contributed by atoms with van der Waals surface area (Å²) >= 11 is 1.63. The van der Waals surface area contributed by atoms with Crippen molar-refractivity contribution in [2.45, 2.75) is 45.1 Å². The zero-order valence-electron chi connectivity index (χ0n) is 12.3. The molecule has 3 rings (SSSR count). The molecule has 1 aliphatic rings. The SMILES string of the molecule is Cc1nc(-c2ccccc2)sc1CC(=O)NC1CCCC1. The molecule has 0 aliphatic heterocycles. The van der Waals surface area contributed by atoms with Gasteiger partial charge in [0.1, 0.15) is 5.01 Å². The lowest BCUT2D eigenvalue weighted by Crippen LogP contribution is -2.33. The number of aromatic nitrogens is 1. The number of carbonyl (C=O) groups is 1. The summed E-state index contributed by atoms with van der Waals surface area (Å²) in [6.07, 6.45) is 5.18. The molecule has 1 saturated carbocycles. The lowest BCUT2D eigenvalue weighted by Gasteiger charge is -2.11. The van der Waals surface area contributed by atoms with Gasteiger partial charge >= 0.3 is 0 Å². The number of rotatable bonds is 4. The second-order valence-electron chi connectivity index (χ2n) is 5.62. The zero-order valence-corrected chi connectivity index (χ0v) is 13.1. The summed E-state index contributed by atoms with van der Waals surface area (Å²) < 4.78 is 0. The van der Waals surface area contributed by atoms with E-state index in [1.54, 1.807) is 11.3 Å². The van der Waals surface area contributed by atoms with Gasteiger partial charge in [-0.2, -0.15) is 0 Å². The Morgan fingerprint density at radius 3 is 2.71 bits per heavy atom. The molecule has 1 amide bonds. The minimum atomic E-state index is 0.133. The van der Waals surface area contributed by atoms with Crippen molar-refractivity contribution < 1.29 is 4.79 Å². The predicted octanol–water partition coefficient (Wildman–Crippen LogP) is 3.72. The average Bonchev–Trinajstić information content (AvgIpc) is 3.11. The maximum atomic E-state index is 12.1. The van der Waals surface area contributed by atoms with Crippen LogP contribution in [-0.4, -0.2) is 16.9 Å². The van der Waals surface area contributed by atoms with Crippen molar-refractivity contribution in [2.75, 3.05) is 0 Å². The zero-order chi connectivity index (χ0) is 14.7. The van der Waals surface area contributed by atoms with Crippen LogP contribution in [0, 0.1) is 6.92 Å². The number of nitrogens with one attached hydrogen (secondary N) is 1. The van der Waals surface area contributed by atoms with E-state index >= 15 is 0 Å². The van der Waals surface area contributed by atoms with Crippen LogP contribution in [0.1, 0.15) is 36.3 Å². The average molecular weight is 300 g/mol. The first-order valence-corrected chi connectivity index (χ1v) is 8.35. The molecule has 110 valence electrons. The smallest absolute Gasteiger partial charge is 0.225 e. The first-order valence-electron chi connectivity index (χ1n) is 7.53. The van der Waals surface area contributed by atoms with E-state index in [1.807, 2.05) is 25.1 Å². The molecule has 1 aliphatic carbocycles. The van der Waals surface area contributed by atoms with Crippen molar-refractivity contribution in [3.63, 3.8) is 0 Å². The van der Waals surface area contributed by atoms with E-state index in [-0.39, 0.29) is 5.91 Å². The van der Waals surface area contributed by atoms with E-state index in [0.717, 1.165) is 34.0 Å². The molecule has 21 heavy (non-hydrogen) atoms. The number of hydrogen-bond acceptors (Lipinski definition) is 3. The van der Waals surface area contributed by atoms with Gasteiger partial charge in [0.05, 0.1) is 12.1 Å². The van der Waals surface area contributed by atoms with Crippen LogP contribution in [0.3, 0.4) is 0 Å². The third-order valence-corrected chi connectivity index (χ3v) is 5.16. The van der Waals surface area contributed by atoms with Crippen molar-refractivity contribution in [3.8, 4) is 10.6 Å². The number of aryl methyl sites for hydroxylation is 1. The second kappa shape index (κ2) is 6.39. The Morgan fingerprint density at radius 2 is 2.00 bits per heavy atom. The highest BCUT2D eigenvalue weighted by Gasteiger charge is 2.19. The Balaban J connectivity index is 1.68. The van der Waals surface area contributed by atoms with Crippen molar-refractivity contribution in [1.29, 1.82) is 0 Å². The molecular formula is C17H20N2OS. The Hall–Kier alpha value is -1.68. The summed E-state index contributed by atoms with van der Waals surface area (Å²) in [5, 5.41) is 4.14. The summed E-state index contributed by atoms with van der Waals surface area (Å²) in [6, 6.07) is 10.5. The van der Waals surface area contributed by atoms with E-state index in [2.05, 4.69) is 22.4 Å². The molecule has 0 saturated heterocycles. The fourth-order valence-corrected chi connectivity index (χ4v) is 3.86. The third-order valence-electron chi connectivity index (χ3n) is 3.95. The van der Waals surface area contributed by atoms with Gasteiger partial charge in [-0.25, -0.2) is 4.98 Å². The van der Waals surface area contributed by atoms with Gasteiger partial charge in [-0.3, -0.25) is 4.79 Å². The van der Waals surface area contributed by atoms with Crippen LogP contribution in [0.2, 0.25) is 0 Å². The molecule has 0 atom stereocenters. The van der Waals surface area contributed by atoms with Crippen LogP contribution in [0.15, 0.2) is 30.3 Å². The number of amides is 1. The molecular weight excluding hydrogens is 280 g/mol. The predicted molar refractivity (Wildman–Crippen MR) is 86.4 cm³/mol. The molecule has 3 nitrogen and oxygen atoms in total. The maximum absolute atomic E-state index is 12.1. The quantitative estimate of drug-likeness (QED) is 0.935. The number of thiazole rings is 1. The Bertz CT molecular complexity index is 615. The molecule has 0 unspecified atom stereocenters. The van der Waals surface area contributed by atoms with Gasteiger partial charge in [-0.05, 0) is 19.8 Å². The fraction of sp³-hybridized carbons (Fsp3) is 0.412. The van der Waals surface area contributed by atoms with Crippen LogP contribution < -0.4 is 5.32 Å². The highest BCUT2D eigenvalue weighted by molar-refractivity contribution is 7.15. The van der Waals surface area contributed by atoms with Crippen LogP contribution >= 0.6 is 11.3 Å². The highest BCUT2D eigenvalue weighted by Crippen LogP contribution is 2.28. The Morgan fingerprint density at radius 1 is 1.29 bits per heavy atom. The van der Waals surface area contributed by atoms with Crippen LogP contribution in [-0.2, 0) is 11.2 Å². The summed E-state index contributed by atoms with van der Waals surface area (Å²) in [7, 11) is 0. The van der Waals surface area contributed by atoms with Gasteiger partial charge in [0.2, 0.25) is 5.91 Å². The number of hydrogen-bond donors (Lipinski definition) is 1. The van der Waals surface area contributed by atoms with Crippen molar-refractivity contribution in [2.24, 2.45) is 0 Å². The molecule has 1 aromatic carbocycles. The third kappa shape index (κ3) is 3.50. The Labute approximate surface area is 129 Å². The standard InChI is InChI=1S/C17H20N2OS/c1-12-15(11-16(20)19-14-9-5-6-10-14)21-17(18-12)13-7-3-2-4-8-13/h2-4,7-8,14H,5-6,9-11H2,1H3,(H,19,20). The molecule has 2 aromatic rings. The normalized spacial score (nSPS) is 15.3. The molecule has 1 fully saturated rings. The molecule has 4 heteroatoms. The second-order valence-corrected chi connectivity index (χ2v) is 6.70. The van der Waals surface area contributed by atoms with Crippen molar-refractivity contribution in [3.05, 3.63) is 40.9 Å². The first-order chi connectivity index (χ1) is 10.2. The number of nitrogens with zero attached hydrogens (tertiary/aromatic N) is 1. The van der Waals surface area contributed by atoms with E-state index in [0.29, 0.717) is 12.5 Å². The summed E-state index contributed by atoms with van der Waals surface area (Å²) in [5.41, 5.74) is 2.09. The molecule has 0 spiro atoms. The highest BCUT2D eigenvalue weighted by atomic mass is 32.1. The van der Waals surface area contributed by atoms with E-state index in [4.69, 9.17) is 0 Å². The molecule has 1 aromatic heterocycles. The summed E-state index contributed by atoms with van der Waals surface area (Å²) in [4.78, 5) is 17.8. The number of benzene rings is 1. The molecule has 1 N–H and O–H groups in total. The van der Waals surface area contributed by atoms with Gasteiger partial charge in [0.25, 0.3) is 0 Å². The largest absolute Gasteiger partial charge is 0.353 e. The monoisotopic (exact) mass is 300 g/mol. The lowest BCUT2D eigenvalue weighted by atomic mass is 10.2. The minimum absolute atomic E-state index is 0.133. The molecule has 0 radical (unpaired) electrons. The van der Waals surface area contributed by atoms with Crippen LogP contribution in [0.25, 0.3) is 10.6 Å². The lowest BCUT2D eigenvalue weighted by molar-refractivity contribution is -0.121. The summed E-state index contributed by atoms with van der Waals surface area (Å²) in [5.74, 6) is 0.133. The van der Waals surface area contributed by atoms with Gasteiger partial charge in [-0.1, -0.05) is 43.2 Å². The molecule has 1 heterocycles. The molecule has 0 bridgehead atoms. The van der Waals surface area contributed by atoms with E-state index < -0.39 is 0 Å². The Kier molecular flexibility index (Phi) is 4.34.